The fourth-order valence-corrected chi connectivity index (χ4v) is 0.844. The van der Waals surface area contributed by atoms with Crippen LogP contribution in [0.5, 0.6) is 0 Å². The molecule has 0 radical (unpaired) electrons. The van der Waals surface area contributed by atoms with E-state index in [0.717, 1.165) is 6.34 Å². The largest absolute Gasteiger partial charge is 0.290 e. The summed E-state index contributed by atoms with van der Waals surface area (Å²) >= 11 is 5.46. The molecule has 0 aliphatic carbocycles. The van der Waals surface area contributed by atoms with Gasteiger partial charge >= 0.3 is 0 Å². The Hall–Kier alpha value is -1.13. The van der Waals surface area contributed by atoms with E-state index in [4.69, 9.17) is 16.8 Å². The lowest BCUT2D eigenvalue weighted by atomic mass is 10.3. The molecule has 1 rings (SSSR count). The number of rotatable bonds is 2. The topological polar surface area (TPSA) is 44.6 Å². The number of hydrogen-bond donors (Lipinski definition) is 2. The standard InChI is InChI=1S/C7H6ClFN2O/c8-6-3-5(10-4-11-12)1-2-7(6)9/h1-4,12H,(H,10,11). The van der Waals surface area contributed by atoms with E-state index in [1.165, 1.54) is 18.2 Å². The van der Waals surface area contributed by atoms with Crippen molar-refractivity contribution in [3.05, 3.63) is 29.0 Å². The van der Waals surface area contributed by atoms with Gasteiger partial charge in [-0.3, -0.25) is 10.7 Å². The third-order valence-corrected chi connectivity index (χ3v) is 1.46. The second-order valence-corrected chi connectivity index (χ2v) is 2.39. The molecule has 0 saturated carbocycles. The summed E-state index contributed by atoms with van der Waals surface area (Å²) in [6.07, 6.45) is 1.06. The highest BCUT2D eigenvalue weighted by molar-refractivity contribution is 6.31. The van der Waals surface area contributed by atoms with Crippen molar-refractivity contribution in [1.82, 2.24) is 5.48 Å². The van der Waals surface area contributed by atoms with Gasteiger partial charge in [-0.25, -0.2) is 9.38 Å². The fraction of sp³-hybridized carbons (Fsp3) is 0. The zero-order valence-corrected chi connectivity index (χ0v) is 6.72. The molecule has 0 spiro atoms. The zero-order chi connectivity index (χ0) is 8.97. The maximum atomic E-state index is 12.6. The first-order valence-electron chi connectivity index (χ1n) is 3.11. The molecule has 5 heteroatoms. The van der Waals surface area contributed by atoms with Crippen molar-refractivity contribution < 1.29 is 9.60 Å². The minimum Gasteiger partial charge on any atom is -0.290 e. The van der Waals surface area contributed by atoms with Crippen molar-refractivity contribution in [3.8, 4) is 0 Å². The smallest absolute Gasteiger partial charge is 0.141 e. The van der Waals surface area contributed by atoms with E-state index in [0.29, 0.717) is 5.69 Å². The van der Waals surface area contributed by atoms with Crippen LogP contribution in [0.2, 0.25) is 5.02 Å². The molecule has 0 atom stereocenters. The molecule has 3 nitrogen and oxygen atoms in total. The van der Waals surface area contributed by atoms with Gasteiger partial charge in [0.05, 0.1) is 10.7 Å². The number of nitrogens with zero attached hydrogens (tertiary/aromatic N) is 1. The molecule has 64 valence electrons. The summed E-state index contributed by atoms with van der Waals surface area (Å²) in [7, 11) is 0. The van der Waals surface area contributed by atoms with Crippen LogP contribution in [0.25, 0.3) is 0 Å². The molecule has 0 bridgehead atoms. The van der Waals surface area contributed by atoms with Gasteiger partial charge in [0.2, 0.25) is 0 Å². The summed E-state index contributed by atoms with van der Waals surface area (Å²) in [4.78, 5) is 3.69. The van der Waals surface area contributed by atoms with E-state index >= 15 is 0 Å². The normalized spacial score (nSPS) is 10.6. The van der Waals surface area contributed by atoms with Gasteiger partial charge in [-0.05, 0) is 18.2 Å². The molecule has 12 heavy (non-hydrogen) atoms. The molecule has 0 unspecified atom stereocenters. The summed E-state index contributed by atoms with van der Waals surface area (Å²) in [6, 6.07) is 3.99. The predicted molar refractivity (Wildman–Crippen MR) is 44.5 cm³/mol. The summed E-state index contributed by atoms with van der Waals surface area (Å²) in [6.45, 7) is 0. The van der Waals surface area contributed by atoms with Crippen molar-refractivity contribution >= 4 is 23.6 Å². The number of hydrogen-bond acceptors (Lipinski definition) is 2. The number of halogens is 2. The Morgan fingerprint density at radius 2 is 2.33 bits per heavy atom. The van der Waals surface area contributed by atoms with Crippen molar-refractivity contribution in [1.29, 1.82) is 0 Å². The minimum atomic E-state index is -0.493. The molecule has 0 fully saturated rings. The summed E-state index contributed by atoms with van der Waals surface area (Å²) < 4.78 is 12.6. The van der Waals surface area contributed by atoms with Crippen LogP contribution in [0.15, 0.2) is 23.2 Å². The van der Waals surface area contributed by atoms with E-state index in [9.17, 15) is 4.39 Å². The summed E-state index contributed by atoms with van der Waals surface area (Å²) in [5.74, 6) is -0.493. The van der Waals surface area contributed by atoms with E-state index in [1.54, 1.807) is 5.48 Å². The van der Waals surface area contributed by atoms with Crippen molar-refractivity contribution in [2.75, 3.05) is 0 Å². The Kier molecular flexibility index (Phi) is 3.01. The second kappa shape index (κ2) is 4.04. The molecule has 1 aromatic carbocycles. The summed E-state index contributed by atoms with van der Waals surface area (Å²) in [5, 5.41) is 8.15. The van der Waals surface area contributed by atoms with Crippen LogP contribution in [-0.4, -0.2) is 11.5 Å². The lowest BCUT2D eigenvalue weighted by Crippen LogP contribution is -2.00. The molecule has 1 aromatic rings. The number of hydroxylamine groups is 1. The highest BCUT2D eigenvalue weighted by atomic mass is 35.5. The van der Waals surface area contributed by atoms with Crippen LogP contribution < -0.4 is 5.48 Å². The Morgan fingerprint density at radius 3 is 2.92 bits per heavy atom. The quantitative estimate of drug-likeness (QED) is 0.424. The van der Waals surface area contributed by atoms with Crippen LogP contribution in [0, 0.1) is 5.82 Å². The Morgan fingerprint density at radius 1 is 1.58 bits per heavy atom. The van der Waals surface area contributed by atoms with Gasteiger partial charge in [-0.15, -0.1) is 0 Å². The zero-order valence-electron chi connectivity index (χ0n) is 5.96. The molecule has 0 aliphatic heterocycles. The van der Waals surface area contributed by atoms with E-state index in [2.05, 4.69) is 4.99 Å². The number of aliphatic imine (C=N–C) groups is 1. The van der Waals surface area contributed by atoms with E-state index in [1.807, 2.05) is 0 Å². The van der Waals surface area contributed by atoms with Crippen LogP contribution >= 0.6 is 11.6 Å². The first-order valence-corrected chi connectivity index (χ1v) is 3.49. The fourth-order valence-electron chi connectivity index (χ4n) is 0.669. The van der Waals surface area contributed by atoms with Gasteiger partial charge in [-0.2, -0.15) is 0 Å². The highest BCUT2D eigenvalue weighted by Crippen LogP contribution is 2.20. The molecule has 0 aliphatic rings. The molecule has 0 aromatic heterocycles. The van der Waals surface area contributed by atoms with Crippen molar-refractivity contribution in [2.24, 2.45) is 4.99 Å². The van der Waals surface area contributed by atoms with Crippen molar-refractivity contribution in [3.63, 3.8) is 0 Å². The second-order valence-electron chi connectivity index (χ2n) is 1.99. The SMILES string of the molecule is ONC=Nc1ccc(F)c(Cl)c1. The van der Waals surface area contributed by atoms with Gasteiger partial charge in [0.15, 0.2) is 0 Å². The molecular weight excluding hydrogens is 183 g/mol. The number of benzene rings is 1. The van der Waals surface area contributed by atoms with Gasteiger partial charge in [0.1, 0.15) is 12.2 Å². The van der Waals surface area contributed by atoms with Gasteiger partial charge < -0.3 is 0 Å². The number of nitrogens with one attached hydrogen (secondary N) is 1. The monoisotopic (exact) mass is 188 g/mol. The molecule has 0 amide bonds. The molecule has 0 saturated heterocycles. The Balaban J connectivity index is 2.89. The average molecular weight is 189 g/mol. The third kappa shape index (κ3) is 2.18. The highest BCUT2D eigenvalue weighted by Gasteiger charge is 1.98. The minimum absolute atomic E-state index is 0.00240. The van der Waals surface area contributed by atoms with Gasteiger partial charge in [-0.1, -0.05) is 11.6 Å². The van der Waals surface area contributed by atoms with Gasteiger partial charge in [0.25, 0.3) is 0 Å². The van der Waals surface area contributed by atoms with Crippen LogP contribution in [0.4, 0.5) is 10.1 Å². The van der Waals surface area contributed by atoms with Gasteiger partial charge in [0, 0.05) is 0 Å². The first-order chi connectivity index (χ1) is 5.74. The van der Waals surface area contributed by atoms with Crippen LogP contribution in [-0.2, 0) is 0 Å². The van der Waals surface area contributed by atoms with Crippen molar-refractivity contribution in [2.45, 2.75) is 0 Å². The maximum absolute atomic E-state index is 12.6. The summed E-state index contributed by atoms with van der Waals surface area (Å²) in [5.41, 5.74) is 2.18. The maximum Gasteiger partial charge on any atom is 0.141 e. The van der Waals surface area contributed by atoms with E-state index < -0.39 is 5.82 Å². The lowest BCUT2D eigenvalue weighted by molar-refractivity contribution is 0.240. The molecular formula is C7H6ClFN2O. The first kappa shape index (κ1) is 8.96. The Labute approximate surface area is 73.5 Å². The predicted octanol–water partition coefficient (Wildman–Crippen LogP) is 2.12. The average Bonchev–Trinajstić information content (AvgIpc) is 2.07. The molecule has 2 N–H and O–H groups in total. The molecule has 0 heterocycles. The van der Waals surface area contributed by atoms with Crippen LogP contribution in [0.3, 0.4) is 0 Å². The third-order valence-electron chi connectivity index (χ3n) is 1.17. The van der Waals surface area contributed by atoms with E-state index in [-0.39, 0.29) is 5.02 Å². The Bertz CT molecular complexity index is 303. The lowest BCUT2D eigenvalue weighted by Gasteiger charge is -1.95. The van der Waals surface area contributed by atoms with Crippen LogP contribution in [0.1, 0.15) is 0 Å².